The first-order valence-corrected chi connectivity index (χ1v) is 4.31. The summed E-state index contributed by atoms with van der Waals surface area (Å²) in [5, 5.41) is 11.9. The molecule has 0 aliphatic carbocycles. The van der Waals surface area contributed by atoms with Crippen LogP contribution in [0.5, 0.6) is 0 Å². The van der Waals surface area contributed by atoms with E-state index in [4.69, 9.17) is 4.74 Å². The van der Waals surface area contributed by atoms with Gasteiger partial charge in [0.15, 0.2) is 0 Å². The number of rotatable bonds is 6. The van der Waals surface area contributed by atoms with Crippen LogP contribution in [0, 0.1) is 0 Å². The number of ether oxygens (including phenoxy) is 1. The fourth-order valence-corrected chi connectivity index (χ4v) is 0.901. The predicted molar refractivity (Wildman–Crippen MR) is 52.0 cm³/mol. The number of methoxy groups -OCH3 is 1. The highest BCUT2D eigenvalue weighted by atomic mass is 16.5. The fourth-order valence-electron chi connectivity index (χ4n) is 0.901. The quantitative estimate of drug-likeness (QED) is 0.543. The normalized spacial score (nSPS) is 10.1. The van der Waals surface area contributed by atoms with Crippen molar-refractivity contribution in [1.82, 2.24) is 15.5 Å². The molecule has 1 aromatic heterocycles. The SMILES string of the molecule is COCCNCC(=O)Nc1cn[nH]c1. The van der Waals surface area contributed by atoms with E-state index < -0.39 is 0 Å². The Kier molecular flexibility index (Phi) is 4.66. The fraction of sp³-hybridized carbons (Fsp3) is 0.500. The van der Waals surface area contributed by atoms with Gasteiger partial charge in [0.25, 0.3) is 0 Å². The Morgan fingerprint density at radius 2 is 2.57 bits per heavy atom. The van der Waals surface area contributed by atoms with Gasteiger partial charge >= 0.3 is 0 Å². The third-order valence-electron chi connectivity index (χ3n) is 1.55. The summed E-state index contributed by atoms with van der Waals surface area (Å²) in [4.78, 5) is 11.2. The van der Waals surface area contributed by atoms with Crippen molar-refractivity contribution in [3.63, 3.8) is 0 Å². The molecule has 0 unspecified atom stereocenters. The highest BCUT2D eigenvalue weighted by molar-refractivity contribution is 5.91. The number of H-pyrrole nitrogens is 1. The van der Waals surface area contributed by atoms with E-state index in [-0.39, 0.29) is 12.5 Å². The molecule has 78 valence electrons. The van der Waals surface area contributed by atoms with Gasteiger partial charge in [-0.2, -0.15) is 5.10 Å². The number of nitrogens with one attached hydrogen (secondary N) is 3. The number of amides is 1. The summed E-state index contributed by atoms with van der Waals surface area (Å²) >= 11 is 0. The first-order valence-electron chi connectivity index (χ1n) is 4.31. The number of nitrogens with zero attached hydrogens (tertiary/aromatic N) is 1. The van der Waals surface area contributed by atoms with Crippen molar-refractivity contribution in [3.05, 3.63) is 12.4 Å². The maximum atomic E-state index is 11.2. The van der Waals surface area contributed by atoms with Crippen molar-refractivity contribution in [1.29, 1.82) is 0 Å². The molecule has 6 heteroatoms. The van der Waals surface area contributed by atoms with Gasteiger partial charge < -0.3 is 15.4 Å². The van der Waals surface area contributed by atoms with Crippen molar-refractivity contribution in [2.45, 2.75) is 0 Å². The zero-order valence-electron chi connectivity index (χ0n) is 8.04. The molecule has 0 atom stereocenters. The molecule has 0 spiro atoms. The molecule has 0 saturated heterocycles. The summed E-state index contributed by atoms with van der Waals surface area (Å²) in [5.41, 5.74) is 0.670. The molecule has 1 rings (SSSR count). The predicted octanol–water partition coefficient (Wildman–Crippen LogP) is -0.416. The molecule has 0 aliphatic heterocycles. The van der Waals surface area contributed by atoms with Crippen molar-refractivity contribution in [2.75, 3.05) is 32.1 Å². The van der Waals surface area contributed by atoms with E-state index in [1.807, 2.05) is 0 Å². The number of hydrogen-bond acceptors (Lipinski definition) is 4. The van der Waals surface area contributed by atoms with Crippen LogP contribution < -0.4 is 10.6 Å². The lowest BCUT2D eigenvalue weighted by molar-refractivity contribution is -0.115. The minimum Gasteiger partial charge on any atom is -0.383 e. The summed E-state index contributed by atoms with van der Waals surface area (Å²) < 4.78 is 4.82. The van der Waals surface area contributed by atoms with Gasteiger partial charge in [-0.05, 0) is 0 Å². The number of aromatic amines is 1. The van der Waals surface area contributed by atoms with E-state index in [0.717, 1.165) is 0 Å². The van der Waals surface area contributed by atoms with Crippen LogP contribution in [0.25, 0.3) is 0 Å². The van der Waals surface area contributed by atoms with Crippen molar-refractivity contribution < 1.29 is 9.53 Å². The summed E-state index contributed by atoms with van der Waals surface area (Å²) in [6.45, 7) is 1.53. The molecule has 1 heterocycles. The molecular formula is C8H14N4O2. The Morgan fingerprint density at radius 3 is 3.21 bits per heavy atom. The second-order valence-corrected chi connectivity index (χ2v) is 2.70. The largest absolute Gasteiger partial charge is 0.383 e. The minimum absolute atomic E-state index is 0.0949. The van der Waals surface area contributed by atoms with E-state index in [0.29, 0.717) is 18.8 Å². The highest BCUT2D eigenvalue weighted by Crippen LogP contribution is 1.99. The molecule has 1 aromatic rings. The number of anilines is 1. The van der Waals surface area contributed by atoms with Crippen LogP contribution in [0.2, 0.25) is 0 Å². The van der Waals surface area contributed by atoms with Gasteiger partial charge in [0, 0.05) is 19.9 Å². The molecule has 0 aliphatic rings. The summed E-state index contributed by atoms with van der Waals surface area (Å²) in [7, 11) is 1.62. The minimum atomic E-state index is -0.0949. The lowest BCUT2D eigenvalue weighted by Gasteiger charge is -2.03. The molecule has 3 N–H and O–H groups in total. The average molecular weight is 198 g/mol. The molecular weight excluding hydrogens is 184 g/mol. The second-order valence-electron chi connectivity index (χ2n) is 2.70. The van der Waals surface area contributed by atoms with Crippen LogP contribution in [-0.4, -0.2) is 42.9 Å². The Morgan fingerprint density at radius 1 is 1.71 bits per heavy atom. The van der Waals surface area contributed by atoms with Gasteiger partial charge in [0.1, 0.15) is 0 Å². The number of carbonyl (C=O) groups excluding carboxylic acids is 1. The topological polar surface area (TPSA) is 79.0 Å². The second kappa shape index (κ2) is 6.11. The molecule has 0 saturated carbocycles. The summed E-state index contributed by atoms with van der Waals surface area (Å²) in [6, 6.07) is 0. The van der Waals surface area contributed by atoms with E-state index in [9.17, 15) is 4.79 Å². The molecule has 6 nitrogen and oxygen atoms in total. The summed E-state index contributed by atoms with van der Waals surface area (Å²) in [5.74, 6) is -0.0949. The Labute approximate surface area is 82.0 Å². The Bertz CT molecular complexity index is 260. The summed E-state index contributed by atoms with van der Waals surface area (Å²) in [6.07, 6.45) is 3.17. The monoisotopic (exact) mass is 198 g/mol. The molecule has 1 amide bonds. The number of carbonyl (C=O) groups is 1. The number of aromatic nitrogens is 2. The Balaban J connectivity index is 2.11. The highest BCUT2D eigenvalue weighted by Gasteiger charge is 2.01. The Hall–Kier alpha value is -1.40. The lowest BCUT2D eigenvalue weighted by Crippen LogP contribution is -2.30. The van der Waals surface area contributed by atoms with Gasteiger partial charge in [-0.3, -0.25) is 9.89 Å². The van der Waals surface area contributed by atoms with Gasteiger partial charge in [-0.15, -0.1) is 0 Å². The molecule has 0 aromatic carbocycles. The average Bonchev–Trinajstić information content (AvgIpc) is 2.65. The van der Waals surface area contributed by atoms with Crippen LogP contribution in [-0.2, 0) is 9.53 Å². The first kappa shape index (κ1) is 10.7. The number of hydrogen-bond donors (Lipinski definition) is 3. The zero-order valence-corrected chi connectivity index (χ0v) is 8.04. The van der Waals surface area contributed by atoms with Crippen LogP contribution in [0.15, 0.2) is 12.4 Å². The van der Waals surface area contributed by atoms with Crippen molar-refractivity contribution >= 4 is 11.6 Å². The van der Waals surface area contributed by atoms with Gasteiger partial charge in [0.05, 0.1) is 25.0 Å². The van der Waals surface area contributed by atoms with Gasteiger partial charge in [-0.1, -0.05) is 0 Å². The third-order valence-corrected chi connectivity index (χ3v) is 1.55. The molecule has 0 bridgehead atoms. The molecule has 0 radical (unpaired) electrons. The molecule has 0 fully saturated rings. The van der Waals surface area contributed by atoms with Crippen molar-refractivity contribution in [3.8, 4) is 0 Å². The van der Waals surface area contributed by atoms with Crippen LogP contribution in [0.4, 0.5) is 5.69 Å². The maximum Gasteiger partial charge on any atom is 0.238 e. The lowest BCUT2D eigenvalue weighted by atomic mass is 10.5. The van der Waals surface area contributed by atoms with Crippen LogP contribution in [0.3, 0.4) is 0 Å². The third kappa shape index (κ3) is 4.01. The van der Waals surface area contributed by atoms with E-state index in [1.54, 1.807) is 19.5 Å². The van der Waals surface area contributed by atoms with E-state index in [1.165, 1.54) is 0 Å². The van der Waals surface area contributed by atoms with Crippen molar-refractivity contribution in [2.24, 2.45) is 0 Å². The smallest absolute Gasteiger partial charge is 0.238 e. The van der Waals surface area contributed by atoms with Crippen LogP contribution >= 0.6 is 0 Å². The van der Waals surface area contributed by atoms with E-state index in [2.05, 4.69) is 20.8 Å². The van der Waals surface area contributed by atoms with Gasteiger partial charge in [-0.25, -0.2) is 0 Å². The first-order chi connectivity index (χ1) is 6.83. The molecule has 14 heavy (non-hydrogen) atoms. The zero-order chi connectivity index (χ0) is 10.2. The standard InChI is InChI=1S/C8H14N4O2/c1-14-3-2-9-6-8(13)12-7-4-10-11-5-7/h4-5,9H,2-3,6H2,1H3,(H,10,11)(H,12,13). The maximum absolute atomic E-state index is 11.2. The van der Waals surface area contributed by atoms with E-state index >= 15 is 0 Å². The van der Waals surface area contributed by atoms with Gasteiger partial charge in [0.2, 0.25) is 5.91 Å². The van der Waals surface area contributed by atoms with Crippen LogP contribution in [0.1, 0.15) is 0 Å².